The van der Waals surface area contributed by atoms with Crippen molar-refractivity contribution in [1.82, 2.24) is 19.9 Å². The van der Waals surface area contributed by atoms with Crippen molar-refractivity contribution < 1.29 is 9.53 Å². The number of methoxy groups -OCH3 is 1. The van der Waals surface area contributed by atoms with Gasteiger partial charge in [-0.2, -0.15) is 0 Å². The monoisotopic (exact) mass is 434 g/mol. The van der Waals surface area contributed by atoms with Gasteiger partial charge in [0, 0.05) is 40.8 Å². The molecule has 5 aromatic rings. The Bertz CT molecular complexity index is 1470. The summed E-state index contributed by atoms with van der Waals surface area (Å²) < 4.78 is 4.80. The fourth-order valence-corrected chi connectivity index (χ4v) is 3.94. The van der Waals surface area contributed by atoms with E-state index in [4.69, 9.17) is 9.72 Å². The van der Waals surface area contributed by atoms with Crippen molar-refractivity contribution in [2.24, 2.45) is 0 Å². The first-order valence-electron chi connectivity index (χ1n) is 10.6. The van der Waals surface area contributed by atoms with E-state index in [1.807, 2.05) is 74.0 Å². The Kier molecular flexibility index (Phi) is 5.40. The van der Waals surface area contributed by atoms with E-state index >= 15 is 0 Å². The first kappa shape index (κ1) is 20.6. The molecule has 33 heavy (non-hydrogen) atoms. The molecular formula is C27H22N4O2. The van der Waals surface area contributed by atoms with Crippen molar-refractivity contribution in [3.05, 3.63) is 90.5 Å². The standard InChI is InChI=1S/C27H22N4O2/c1-17-5-3-8-24(30-17)25-14-23(22-9-10-29-27(22)31-25)21-13-20(15-28-16-21)19-7-4-6-18(11-19)12-26(32)33-2/h3-11,13-16H,12H2,1-2H3,(H,29,31). The van der Waals surface area contributed by atoms with Crippen LogP contribution in [0.3, 0.4) is 0 Å². The Hall–Kier alpha value is -4.32. The Morgan fingerprint density at radius 3 is 2.61 bits per heavy atom. The number of benzene rings is 1. The second kappa shape index (κ2) is 8.67. The highest BCUT2D eigenvalue weighted by atomic mass is 16.5. The number of aromatic amines is 1. The Morgan fingerprint density at radius 2 is 1.76 bits per heavy atom. The van der Waals surface area contributed by atoms with Crippen LogP contribution in [0, 0.1) is 6.92 Å². The molecule has 0 radical (unpaired) electrons. The molecule has 1 aromatic carbocycles. The van der Waals surface area contributed by atoms with Crippen molar-refractivity contribution in [1.29, 1.82) is 0 Å². The van der Waals surface area contributed by atoms with E-state index in [0.717, 1.165) is 55.9 Å². The summed E-state index contributed by atoms with van der Waals surface area (Å²) in [5, 5.41) is 1.02. The highest BCUT2D eigenvalue weighted by molar-refractivity contribution is 5.95. The number of aromatic nitrogens is 4. The number of nitrogens with zero attached hydrogens (tertiary/aromatic N) is 3. The summed E-state index contributed by atoms with van der Waals surface area (Å²) in [6.45, 7) is 1.97. The number of carbonyl (C=O) groups excluding carboxylic acids is 1. The number of H-pyrrole nitrogens is 1. The molecule has 0 aliphatic rings. The molecule has 4 heterocycles. The molecule has 0 atom stereocenters. The van der Waals surface area contributed by atoms with Crippen LogP contribution >= 0.6 is 0 Å². The number of aryl methyl sites for hydroxylation is 1. The van der Waals surface area contributed by atoms with Gasteiger partial charge in [-0.05, 0) is 53.9 Å². The number of hydrogen-bond acceptors (Lipinski definition) is 5. The van der Waals surface area contributed by atoms with E-state index in [9.17, 15) is 4.79 Å². The molecule has 0 unspecified atom stereocenters. The maximum absolute atomic E-state index is 11.7. The Balaban J connectivity index is 1.59. The first-order chi connectivity index (χ1) is 16.1. The molecule has 0 aliphatic heterocycles. The maximum Gasteiger partial charge on any atom is 0.309 e. The van der Waals surface area contributed by atoms with E-state index in [1.54, 1.807) is 0 Å². The highest BCUT2D eigenvalue weighted by Gasteiger charge is 2.13. The zero-order chi connectivity index (χ0) is 22.8. The van der Waals surface area contributed by atoms with E-state index in [0.29, 0.717) is 0 Å². The molecule has 0 bridgehead atoms. The van der Waals surface area contributed by atoms with Crippen LogP contribution in [0.5, 0.6) is 0 Å². The molecule has 0 saturated heterocycles. The smallest absolute Gasteiger partial charge is 0.309 e. The zero-order valence-electron chi connectivity index (χ0n) is 18.4. The van der Waals surface area contributed by atoms with Gasteiger partial charge >= 0.3 is 5.97 Å². The number of ether oxygens (including phenoxy) is 1. The van der Waals surface area contributed by atoms with Crippen LogP contribution in [0.25, 0.3) is 44.7 Å². The second-order valence-electron chi connectivity index (χ2n) is 7.87. The fourth-order valence-electron chi connectivity index (χ4n) is 3.94. The molecule has 0 saturated carbocycles. The summed E-state index contributed by atoms with van der Waals surface area (Å²) in [7, 11) is 1.40. The fraction of sp³-hybridized carbons (Fsp3) is 0.111. The summed E-state index contributed by atoms with van der Waals surface area (Å²) in [5.74, 6) is -0.261. The third kappa shape index (κ3) is 4.23. The molecule has 0 fully saturated rings. The quantitative estimate of drug-likeness (QED) is 0.376. The largest absolute Gasteiger partial charge is 0.469 e. The topological polar surface area (TPSA) is 80.8 Å². The number of carbonyl (C=O) groups is 1. The summed E-state index contributed by atoms with van der Waals surface area (Å²) in [6, 6.07) is 20.0. The summed E-state index contributed by atoms with van der Waals surface area (Å²) in [5.41, 5.74) is 8.23. The van der Waals surface area contributed by atoms with Crippen LogP contribution in [0.2, 0.25) is 0 Å². The third-order valence-electron chi connectivity index (χ3n) is 5.57. The molecule has 0 spiro atoms. The van der Waals surface area contributed by atoms with Gasteiger partial charge in [-0.25, -0.2) is 4.98 Å². The summed E-state index contributed by atoms with van der Waals surface area (Å²) in [4.78, 5) is 28.9. The van der Waals surface area contributed by atoms with Crippen molar-refractivity contribution in [2.75, 3.05) is 7.11 Å². The van der Waals surface area contributed by atoms with E-state index < -0.39 is 0 Å². The van der Waals surface area contributed by atoms with Crippen molar-refractivity contribution >= 4 is 17.0 Å². The van der Waals surface area contributed by atoms with Gasteiger partial charge in [0.05, 0.1) is 24.9 Å². The molecular weight excluding hydrogens is 412 g/mol. The van der Waals surface area contributed by atoms with Crippen LogP contribution in [0.4, 0.5) is 0 Å². The van der Waals surface area contributed by atoms with Crippen LogP contribution in [-0.4, -0.2) is 33.0 Å². The normalized spacial score (nSPS) is 11.0. The van der Waals surface area contributed by atoms with Crippen LogP contribution < -0.4 is 0 Å². The number of hydrogen-bond donors (Lipinski definition) is 1. The second-order valence-corrected chi connectivity index (χ2v) is 7.87. The van der Waals surface area contributed by atoms with Crippen molar-refractivity contribution in [2.45, 2.75) is 13.3 Å². The minimum Gasteiger partial charge on any atom is -0.469 e. The Labute approximate surface area is 191 Å². The lowest BCUT2D eigenvalue weighted by molar-refractivity contribution is -0.139. The Morgan fingerprint density at radius 1 is 0.909 bits per heavy atom. The van der Waals surface area contributed by atoms with E-state index in [-0.39, 0.29) is 12.4 Å². The minimum absolute atomic E-state index is 0.235. The number of pyridine rings is 3. The van der Waals surface area contributed by atoms with Gasteiger partial charge in [0.15, 0.2) is 0 Å². The first-order valence-corrected chi connectivity index (χ1v) is 10.6. The van der Waals surface area contributed by atoms with Gasteiger partial charge < -0.3 is 9.72 Å². The lowest BCUT2D eigenvalue weighted by atomic mass is 9.98. The van der Waals surface area contributed by atoms with Crippen LogP contribution in [-0.2, 0) is 16.0 Å². The molecule has 0 aliphatic carbocycles. The van der Waals surface area contributed by atoms with Gasteiger partial charge in [0.2, 0.25) is 0 Å². The SMILES string of the molecule is COC(=O)Cc1cccc(-c2cncc(-c3cc(-c4cccc(C)n4)nc4[nH]ccc34)c2)c1. The molecule has 1 N–H and O–H groups in total. The average Bonchev–Trinajstić information content (AvgIpc) is 3.32. The van der Waals surface area contributed by atoms with E-state index in [2.05, 4.69) is 27.1 Å². The molecule has 4 aromatic heterocycles. The number of nitrogens with one attached hydrogen (secondary N) is 1. The van der Waals surface area contributed by atoms with Gasteiger partial charge in [-0.1, -0.05) is 30.3 Å². The summed E-state index contributed by atoms with van der Waals surface area (Å²) >= 11 is 0. The van der Waals surface area contributed by atoms with Gasteiger partial charge in [-0.15, -0.1) is 0 Å². The van der Waals surface area contributed by atoms with Crippen LogP contribution in [0.1, 0.15) is 11.3 Å². The van der Waals surface area contributed by atoms with Gasteiger partial charge in [0.1, 0.15) is 5.65 Å². The lowest BCUT2D eigenvalue weighted by Gasteiger charge is -2.10. The zero-order valence-corrected chi connectivity index (χ0v) is 18.4. The predicted molar refractivity (Wildman–Crippen MR) is 128 cm³/mol. The molecule has 0 amide bonds. The maximum atomic E-state index is 11.7. The molecule has 162 valence electrons. The molecule has 6 heteroatoms. The van der Waals surface area contributed by atoms with Crippen LogP contribution in [0.15, 0.2) is 79.3 Å². The third-order valence-corrected chi connectivity index (χ3v) is 5.57. The van der Waals surface area contributed by atoms with Crippen molar-refractivity contribution in [3.63, 3.8) is 0 Å². The number of fused-ring (bicyclic) bond motifs is 1. The highest BCUT2D eigenvalue weighted by Crippen LogP contribution is 2.33. The van der Waals surface area contributed by atoms with Crippen molar-refractivity contribution in [3.8, 4) is 33.6 Å². The number of rotatable bonds is 5. The van der Waals surface area contributed by atoms with E-state index in [1.165, 1.54) is 7.11 Å². The molecule has 5 rings (SSSR count). The minimum atomic E-state index is -0.261. The number of esters is 1. The van der Waals surface area contributed by atoms with Gasteiger partial charge in [0.25, 0.3) is 0 Å². The average molecular weight is 434 g/mol. The summed E-state index contributed by atoms with van der Waals surface area (Å²) in [6.07, 6.45) is 5.82. The van der Waals surface area contributed by atoms with Gasteiger partial charge in [-0.3, -0.25) is 14.8 Å². The lowest BCUT2D eigenvalue weighted by Crippen LogP contribution is -2.04. The predicted octanol–water partition coefficient (Wildman–Crippen LogP) is 5.38. The molecule has 6 nitrogen and oxygen atoms in total.